The lowest BCUT2D eigenvalue weighted by molar-refractivity contribution is 0.0783. The summed E-state index contributed by atoms with van der Waals surface area (Å²) in [4.78, 5) is 13.8. The predicted octanol–water partition coefficient (Wildman–Crippen LogP) is 5.56. The van der Waals surface area contributed by atoms with Gasteiger partial charge in [0.05, 0.1) is 23.3 Å². The highest BCUT2D eigenvalue weighted by molar-refractivity contribution is 8.00. The number of nitrogens with one attached hydrogen (secondary N) is 2. The van der Waals surface area contributed by atoms with E-state index in [0.717, 1.165) is 41.9 Å². The Morgan fingerprint density at radius 3 is 2.74 bits per heavy atom. The monoisotopic (exact) mass is 548 g/mol. The Labute approximate surface area is 237 Å². The van der Waals surface area contributed by atoms with Crippen LogP contribution in [0.25, 0.3) is 10.9 Å². The highest BCUT2D eigenvalue weighted by Gasteiger charge is 2.33. The second kappa shape index (κ2) is 11.9. The third-order valence-corrected chi connectivity index (χ3v) is 9.77. The topological polar surface area (TPSA) is 69.5 Å². The second-order valence-corrected chi connectivity index (χ2v) is 13.2. The molecule has 0 saturated heterocycles. The lowest BCUT2D eigenvalue weighted by atomic mass is 9.73. The summed E-state index contributed by atoms with van der Waals surface area (Å²) in [5.41, 5.74) is 5.48. The van der Waals surface area contributed by atoms with Gasteiger partial charge in [-0.15, -0.1) is 0 Å². The molecule has 0 bridgehead atoms. The Kier molecular flexibility index (Phi) is 8.60. The van der Waals surface area contributed by atoms with E-state index in [0.29, 0.717) is 24.6 Å². The maximum absolute atomic E-state index is 13.8. The fourth-order valence-corrected chi connectivity index (χ4v) is 7.23. The van der Waals surface area contributed by atoms with Crippen molar-refractivity contribution >= 4 is 34.4 Å². The Hall–Kier alpha value is -2.48. The van der Waals surface area contributed by atoms with Gasteiger partial charge < -0.3 is 24.6 Å². The number of hydrogen-bond donors (Lipinski definition) is 3. The number of aliphatic hydroxyl groups is 1. The fourth-order valence-electron chi connectivity index (χ4n) is 6.36. The van der Waals surface area contributed by atoms with E-state index < -0.39 is 12.1 Å². The quantitative estimate of drug-likeness (QED) is 0.306. The van der Waals surface area contributed by atoms with Gasteiger partial charge in [0.1, 0.15) is 0 Å². The molecule has 2 aliphatic rings. The molecule has 1 saturated carbocycles. The molecule has 2 aromatic carbocycles. The zero-order valence-corrected chi connectivity index (χ0v) is 24.7. The van der Waals surface area contributed by atoms with Crippen LogP contribution in [0.4, 0.5) is 5.69 Å². The molecule has 3 aromatic rings. The molecule has 3 atom stereocenters. The van der Waals surface area contributed by atoms with Crippen LogP contribution in [0.5, 0.6) is 0 Å². The zero-order chi connectivity index (χ0) is 27.6. The largest absolute Gasteiger partial charge is 0.390 e. The molecular weight excluding hydrogens is 504 g/mol. The van der Waals surface area contributed by atoms with Gasteiger partial charge in [0, 0.05) is 49.1 Å². The van der Waals surface area contributed by atoms with Crippen LogP contribution in [0.3, 0.4) is 0 Å². The van der Waals surface area contributed by atoms with E-state index in [1.54, 1.807) is 11.9 Å². The van der Waals surface area contributed by atoms with Crippen LogP contribution in [-0.2, 0) is 19.4 Å². The van der Waals surface area contributed by atoms with Crippen molar-refractivity contribution in [1.29, 1.82) is 0 Å². The predicted molar refractivity (Wildman–Crippen MR) is 164 cm³/mol. The summed E-state index contributed by atoms with van der Waals surface area (Å²) in [5.74, 6) is 0.880. The molecule has 3 N–H and O–H groups in total. The zero-order valence-electron chi connectivity index (χ0n) is 23.9. The summed E-state index contributed by atoms with van der Waals surface area (Å²) in [5, 5.41) is 19.6. The first-order chi connectivity index (χ1) is 18.8. The molecule has 6 nitrogen and oxygen atoms in total. The minimum atomic E-state index is -0.707. The maximum atomic E-state index is 13.8. The Bertz CT molecular complexity index is 1290. The Morgan fingerprint density at radius 2 is 2.00 bits per heavy atom. The highest BCUT2D eigenvalue weighted by atomic mass is 32.2. The molecule has 1 aliphatic carbocycles. The van der Waals surface area contributed by atoms with Crippen molar-refractivity contribution < 1.29 is 9.90 Å². The summed E-state index contributed by atoms with van der Waals surface area (Å²) < 4.78 is 4.45. The van der Waals surface area contributed by atoms with Crippen molar-refractivity contribution in [1.82, 2.24) is 15.2 Å². The van der Waals surface area contributed by atoms with Gasteiger partial charge in [0.25, 0.3) is 5.91 Å². The standard InChI is InChI=1S/C32H44N4O2S/c1-5-36-21-23-14-16-39-35(4)26-18-24(19-27(36)30(23)26)31(38)34-25(17-22-11-7-6-8-12-22)28(37)20-33-29-13-9-10-15-32(29,2)3/h6-8,11-12,18-19,21,25,28-29,33,37H,5,9-10,13-17,20H2,1-4H3,(H,34,38)/t25-,28+,29?/m0/s1. The van der Waals surface area contributed by atoms with E-state index in [2.05, 4.69) is 65.7 Å². The third kappa shape index (κ3) is 6.16. The summed E-state index contributed by atoms with van der Waals surface area (Å²) in [6, 6.07) is 14.1. The van der Waals surface area contributed by atoms with Crippen molar-refractivity contribution in [3.05, 3.63) is 65.4 Å². The number of aryl methyl sites for hydroxylation is 2. The minimum Gasteiger partial charge on any atom is -0.390 e. The first-order valence-corrected chi connectivity index (χ1v) is 15.5. The van der Waals surface area contributed by atoms with Gasteiger partial charge in [0.2, 0.25) is 0 Å². The Balaban J connectivity index is 1.39. The van der Waals surface area contributed by atoms with Gasteiger partial charge in [-0.25, -0.2) is 0 Å². The number of anilines is 1. The second-order valence-electron chi connectivity index (χ2n) is 11.9. The molecule has 2 heterocycles. The molecule has 1 amide bonds. The first kappa shape index (κ1) is 28.1. The number of aliphatic hydroxyl groups excluding tert-OH is 1. The van der Waals surface area contributed by atoms with Crippen LogP contribution >= 0.6 is 11.9 Å². The van der Waals surface area contributed by atoms with Gasteiger partial charge >= 0.3 is 0 Å². The molecule has 210 valence electrons. The van der Waals surface area contributed by atoms with Crippen molar-refractivity contribution in [2.75, 3.05) is 23.7 Å². The number of carbonyl (C=O) groups is 1. The van der Waals surface area contributed by atoms with Crippen LogP contribution in [0.2, 0.25) is 0 Å². The molecule has 39 heavy (non-hydrogen) atoms. The van der Waals surface area contributed by atoms with Crippen molar-refractivity contribution in [2.24, 2.45) is 5.41 Å². The Morgan fingerprint density at radius 1 is 1.21 bits per heavy atom. The number of carbonyl (C=O) groups excluding carboxylic acids is 1. The van der Waals surface area contributed by atoms with Crippen LogP contribution in [-0.4, -0.2) is 53.1 Å². The number of nitrogens with zero attached hydrogens (tertiary/aromatic N) is 2. The van der Waals surface area contributed by atoms with Crippen molar-refractivity contribution in [3.8, 4) is 0 Å². The smallest absolute Gasteiger partial charge is 0.251 e. The van der Waals surface area contributed by atoms with Crippen molar-refractivity contribution in [2.45, 2.75) is 84.0 Å². The molecule has 1 unspecified atom stereocenters. The molecule has 7 heteroatoms. The first-order valence-electron chi connectivity index (χ1n) is 14.6. The molecule has 1 aliphatic heterocycles. The summed E-state index contributed by atoms with van der Waals surface area (Å²) >= 11 is 1.79. The van der Waals surface area contributed by atoms with E-state index in [1.807, 2.05) is 30.3 Å². The summed E-state index contributed by atoms with van der Waals surface area (Å²) in [6.45, 7) is 8.09. The average Bonchev–Trinajstić information content (AvgIpc) is 3.20. The van der Waals surface area contributed by atoms with Crippen LogP contribution in [0, 0.1) is 5.41 Å². The fraction of sp³-hybridized carbons (Fsp3) is 0.531. The van der Waals surface area contributed by atoms with Crippen LogP contribution in [0.15, 0.2) is 48.7 Å². The van der Waals surface area contributed by atoms with E-state index in [1.165, 1.54) is 30.2 Å². The van der Waals surface area contributed by atoms with E-state index >= 15 is 0 Å². The molecule has 1 aromatic heterocycles. The van der Waals surface area contributed by atoms with E-state index in [-0.39, 0.29) is 11.3 Å². The number of rotatable bonds is 9. The van der Waals surface area contributed by atoms with Crippen LogP contribution in [0.1, 0.15) is 67.9 Å². The van der Waals surface area contributed by atoms with Crippen molar-refractivity contribution in [3.63, 3.8) is 0 Å². The lowest BCUT2D eigenvalue weighted by Gasteiger charge is -2.40. The van der Waals surface area contributed by atoms with Gasteiger partial charge in [-0.2, -0.15) is 0 Å². The minimum absolute atomic E-state index is 0.140. The number of amides is 1. The lowest BCUT2D eigenvalue weighted by Crippen LogP contribution is -2.52. The summed E-state index contributed by atoms with van der Waals surface area (Å²) in [7, 11) is 2.08. The van der Waals surface area contributed by atoms with Gasteiger partial charge in [0.15, 0.2) is 0 Å². The molecular formula is C32H44N4O2S. The maximum Gasteiger partial charge on any atom is 0.251 e. The van der Waals surface area contributed by atoms with Gasteiger partial charge in [-0.3, -0.25) is 4.79 Å². The highest BCUT2D eigenvalue weighted by Crippen LogP contribution is 2.39. The molecule has 0 spiro atoms. The molecule has 0 radical (unpaired) electrons. The van der Waals surface area contributed by atoms with Gasteiger partial charge in [-0.05, 0) is 73.2 Å². The molecule has 1 fully saturated rings. The van der Waals surface area contributed by atoms with E-state index in [4.69, 9.17) is 0 Å². The number of hydrogen-bond acceptors (Lipinski definition) is 5. The SMILES string of the molecule is CCn1cc2c3c(cc(C(=O)N[C@@H](Cc4ccccc4)[C@H](O)CNC4CCCCC4(C)C)cc31)N(C)SCC2. The number of aromatic nitrogens is 1. The normalized spacial score (nSPS) is 20.4. The third-order valence-electron chi connectivity index (χ3n) is 8.80. The number of benzene rings is 2. The van der Waals surface area contributed by atoms with Crippen LogP contribution < -0.4 is 14.9 Å². The molecule has 5 rings (SSSR count). The van der Waals surface area contributed by atoms with E-state index in [9.17, 15) is 9.90 Å². The average molecular weight is 549 g/mol. The summed E-state index contributed by atoms with van der Waals surface area (Å²) in [6.07, 6.45) is 7.95. The van der Waals surface area contributed by atoms with Gasteiger partial charge in [-0.1, -0.05) is 57.0 Å².